The van der Waals surface area contributed by atoms with Gasteiger partial charge in [-0.3, -0.25) is 9.36 Å². The van der Waals surface area contributed by atoms with Crippen LogP contribution in [-0.4, -0.2) is 42.4 Å². The van der Waals surface area contributed by atoms with Gasteiger partial charge in [-0.05, 0) is 68.8 Å². The van der Waals surface area contributed by atoms with E-state index in [4.69, 9.17) is 18.6 Å². The highest BCUT2D eigenvalue weighted by Gasteiger charge is 2.35. The number of ether oxygens (including phenoxy) is 3. The average molecular weight is 589 g/mol. The monoisotopic (exact) mass is 588 g/mol. The zero-order valence-corrected chi connectivity index (χ0v) is 24.4. The number of carboxylic acids is 1. The van der Waals surface area contributed by atoms with E-state index < -0.39 is 18.0 Å². The first-order valence-electron chi connectivity index (χ1n) is 13.0. The molecule has 5 rings (SSSR count). The molecule has 0 saturated carbocycles. The number of furan rings is 1. The Hall–Kier alpha value is -4.90. The zero-order chi connectivity index (χ0) is 30.1. The highest BCUT2D eigenvalue weighted by atomic mass is 32.1. The van der Waals surface area contributed by atoms with Crippen LogP contribution in [0.1, 0.15) is 47.1 Å². The van der Waals surface area contributed by atoms with Crippen LogP contribution in [0, 0.1) is 6.92 Å². The van der Waals surface area contributed by atoms with E-state index >= 15 is 0 Å². The molecule has 0 amide bonds. The molecule has 1 aliphatic heterocycles. The molecule has 3 heterocycles. The van der Waals surface area contributed by atoms with E-state index in [1.54, 1.807) is 62.4 Å². The van der Waals surface area contributed by atoms with Gasteiger partial charge in [0.05, 0.1) is 42.2 Å². The van der Waals surface area contributed by atoms with E-state index in [9.17, 15) is 19.5 Å². The second kappa shape index (κ2) is 11.5. The van der Waals surface area contributed by atoms with E-state index in [0.29, 0.717) is 49.2 Å². The number of fused-ring (bicyclic) bond motifs is 1. The van der Waals surface area contributed by atoms with E-state index in [-0.39, 0.29) is 23.3 Å². The normalized spacial score (nSPS) is 14.8. The van der Waals surface area contributed by atoms with Gasteiger partial charge in [-0.1, -0.05) is 17.4 Å². The number of aryl methyl sites for hydroxylation is 1. The molecule has 0 spiro atoms. The molecule has 11 heteroatoms. The third-order valence-corrected chi connectivity index (χ3v) is 7.88. The fourth-order valence-corrected chi connectivity index (χ4v) is 5.89. The van der Waals surface area contributed by atoms with Crippen molar-refractivity contribution in [3.8, 4) is 22.8 Å². The maximum Gasteiger partial charge on any atom is 0.338 e. The van der Waals surface area contributed by atoms with Crippen LogP contribution >= 0.6 is 11.3 Å². The van der Waals surface area contributed by atoms with Crippen molar-refractivity contribution in [1.82, 2.24) is 4.57 Å². The van der Waals surface area contributed by atoms with E-state index in [1.165, 1.54) is 24.9 Å². The number of esters is 1. The molecule has 1 atom stereocenters. The van der Waals surface area contributed by atoms with E-state index in [0.717, 1.165) is 16.9 Å². The van der Waals surface area contributed by atoms with Gasteiger partial charge in [-0.2, -0.15) is 0 Å². The summed E-state index contributed by atoms with van der Waals surface area (Å²) in [5, 5.41) is 9.40. The van der Waals surface area contributed by atoms with Crippen molar-refractivity contribution in [1.29, 1.82) is 0 Å². The van der Waals surface area contributed by atoms with Crippen LogP contribution in [0.3, 0.4) is 0 Å². The third-order valence-electron chi connectivity index (χ3n) is 6.90. The zero-order valence-electron chi connectivity index (χ0n) is 23.6. The fourth-order valence-electron chi connectivity index (χ4n) is 4.86. The maximum absolute atomic E-state index is 14.0. The third kappa shape index (κ3) is 5.14. The largest absolute Gasteiger partial charge is 0.497 e. The lowest BCUT2D eigenvalue weighted by Gasteiger charge is -2.26. The SMILES string of the molecule is CCOC(=O)C1=C(C)N=c2sc(=Cc3ccc(-c4cc(C(=O)O)ccc4C)o3)c(=O)n2C1c1cc(OC)ccc1OC. The molecule has 0 saturated heterocycles. The summed E-state index contributed by atoms with van der Waals surface area (Å²) in [6.45, 7) is 5.42. The summed E-state index contributed by atoms with van der Waals surface area (Å²) in [7, 11) is 3.04. The predicted molar refractivity (Wildman–Crippen MR) is 156 cm³/mol. The standard InChI is InChI=1S/C31H28N2O8S/c1-6-40-30(37)26-17(3)32-31-33(27(26)22-14-19(38-4)9-11-23(22)39-5)28(34)25(42-31)15-20-10-12-24(41-20)21-13-18(29(35)36)8-7-16(21)2/h7-15,27H,6H2,1-5H3,(H,35,36). The minimum absolute atomic E-state index is 0.141. The molecule has 4 aromatic rings. The number of allylic oxidation sites excluding steroid dienone is 1. The Morgan fingerprint density at radius 3 is 2.57 bits per heavy atom. The molecule has 2 aromatic carbocycles. The van der Waals surface area contributed by atoms with Crippen LogP contribution in [0.5, 0.6) is 11.5 Å². The van der Waals surface area contributed by atoms with Crippen molar-refractivity contribution < 1.29 is 33.3 Å². The van der Waals surface area contributed by atoms with Crippen molar-refractivity contribution in [2.45, 2.75) is 26.8 Å². The number of aromatic carboxylic acids is 1. The smallest absolute Gasteiger partial charge is 0.338 e. The maximum atomic E-state index is 14.0. The number of hydrogen-bond donors (Lipinski definition) is 1. The van der Waals surface area contributed by atoms with Gasteiger partial charge in [0.25, 0.3) is 5.56 Å². The first kappa shape index (κ1) is 28.6. The molecule has 216 valence electrons. The van der Waals surface area contributed by atoms with Gasteiger partial charge in [-0.25, -0.2) is 14.6 Å². The summed E-state index contributed by atoms with van der Waals surface area (Å²) < 4.78 is 24.2. The number of rotatable bonds is 8. The van der Waals surface area contributed by atoms with Crippen molar-refractivity contribution in [2.75, 3.05) is 20.8 Å². The van der Waals surface area contributed by atoms with Crippen LogP contribution in [0.4, 0.5) is 0 Å². The van der Waals surface area contributed by atoms with Crippen molar-refractivity contribution in [3.05, 3.63) is 102 Å². The lowest BCUT2D eigenvalue weighted by atomic mass is 9.95. The van der Waals surface area contributed by atoms with E-state index in [1.807, 2.05) is 6.92 Å². The van der Waals surface area contributed by atoms with Gasteiger partial charge >= 0.3 is 11.9 Å². The Balaban J connectivity index is 1.67. The molecule has 1 unspecified atom stereocenters. The minimum atomic E-state index is -1.04. The van der Waals surface area contributed by atoms with Gasteiger partial charge < -0.3 is 23.7 Å². The number of aromatic nitrogens is 1. The van der Waals surface area contributed by atoms with Gasteiger partial charge in [0.15, 0.2) is 4.80 Å². The molecule has 2 aromatic heterocycles. The van der Waals surface area contributed by atoms with Crippen molar-refractivity contribution in [2.24, 2.45) is 4.99 Å². The number of thiazole rings is 1. The molecule has 42 heavy (non-hydrogen) atoms. The number of hydrogen-bond acceptors (Lipinski definition) is 9. The summed E-state index contributed by atoms with van der Waals surface area (Å²) >= 11 is 1.16. The number of carbonyl (C=O) groups excluding carboxylic acids is 1. The fraction of sp³-hybridized carbons (Fsp3) is 0.226. The minimum Gasteiger partial charge on any atom is -0.497 e. The predicted octanol–water partition coefficient (Wildman–Crippen LogP) is 4.08. The lowest BCUT2D eigenvalue weighted by molar-refractivity contribution is -0.139. The number of nitrogens with zero attached hydrogens (tertiary/aromatic N) is 2. The molecular formula is C31H28N2O8S. The second-order valence-corrected chi connectivity index (χ2v) is 10.5. The molecule has 0 aliphatic carbocycles. The summed E-state index contributed by atoms with van der Waals surface area (Å²) in [6, 6.07) is 12.5. The Bertz CT molecular complexity index is 1930. The van der Waals surface area contributed by atoms with Crippen LogP contribution in [-0.2, 0) is 9.53 Å². The quantitative estimate of drug-likeness (QED) is 0.305. The number of methoxy groups -OCH3 is 2. The Morgan fingerprint density at radius 2 is 1.88 bits per heavy atom. The van der Waals surface area contributed by atoms with Gasteiger partial charge in [0.1, 0.15) is 29.1 Å². The van der Waals surface area contributed by atoms with Crippen LogP contribution in [0.2, 0.25) is 0 Å². The molecule has 1 aliphatic rings. The number of carboxylic acid groups (broad SMARTS) is 1. The Morgan fingerprint density at radius 1 is 1.10 bits per heavy atom. The first-order chi connectivity index (χ1) is 20.2. The molecule has 0 fully saturated rings. The van der Waals surface area contributed by atoms with Crippen LogP contribution in [0.15, 0.2) is 74.0 Å². The highest BCUT2D eigenvalue weighted by molar-refractivity contribution is 7.07. The summed E-state index contributed by atoms with van der Waals surface area (Å²) in [5.41, 5.74) is 2.41. The highest BCUT2D eigenvalue weighted by Crippen LogP contribution is 2.38. The molecule has 10 nitrogen and oxygen atoms in total. The van der Waals surface area contributed by atoms with Crippen LogP contribution in [0.25, 0.3) is 17.4 Å². The summed E-state index contributed by atoms with van der Waals surface area (Å²) in [6.07, 6.45) is 1.60. The second-order valence-electron chi connectivity index (χ2n) is 9.45. The molecule has 1 N–H and O–H groups in total. The Labute approximate surface area is 244 Å². The Kier molecular flexibility index (Phi) is 7.86. The topological polar surface area (TPSA) is 130 Å². The van der Waals surface area contributed by atoms with E-state index in [2.05, 4.69) is 4.99 Å². The van der Waals surface area contributed by atoms with Gasteiger partial charge in [-0.15, -0.1) is 0 Å². The van der Waals surface area contributed by atoms with Gasteiger partial charge in [0.2, 0.25) is 0 Å². The van der Waals surface area contributed by atoms with Crippen molar-refractivity contribution in [3.63, 3.8) is 0 Å². The number of benzene rings is 2. The molecular weight excluding hydrogens is 560 g/mol. The first-order valence-corrected chi connectivity index (χ1v) is 13.8. The molecule has 0 radical (unpaired) electrons. The molecule has 0 bridgehead atoms. The number of carbonyl (C=O) groups is 2. The summed E-state index contributed by atoms with van der Waals surface area (Å²) in [5.74, 6) is 0.223. The van der Waals surface area contributed by atoms with Crippen LogP contribution < -0.4 is 24.4 Å². The van der Waals surface area contributed by atoms with Crippen molar-refractivity contribution >= 4 is 29.4 Å². The van der Waals surface area contributed by atoms with Gasteiger partial charge in [0, 0.05) is 17.2 Å². The lowest BCUT2D eigenvalue weighted by Crippen LogP contribution is -2.40. The summed E-state index contributed by atoms with van der Waals surface area (Å²) in [4.78, 5) is 43.6. The average Bonchev–Trinajstić information content (AvgIpc) is 3.56.